The maximum absolute atomic E-state index is 12.8. The smallest absolute Gasteiger partial charge is 0.387 e. The zero-order valence-corrected chi connectivity index (χ0v) is 17.9. The first kappa shape index (κ1) is 23.1. The molecule has 1 aliphatic heterocycles. The minimum atomic E-state index is -3.49. The van der Waals surface area contributed by atoms with Crippen LogP contribution in [0.15, 0.2) is 53.4 Å². The monoisotopic (exact) mass is 452 g/mol. The Morgan fingerprint density at radius 1 is 0.968 bits per heavy atom. The Morgan fingerprint density at radius 3 is 2.16 bits per heavy atom. The predicted molar refractivity (Wildman–Crippen MR) is 114 cm³/mol. The molecule has 1 aliphatic rings. The number of rotatable bonds is 8. The van der Waals surface area contributed by atoms with Crippen LogP contribution < -0.4 is 10.1 Å². The zero-order valence-electron chi connectivity index (χ0n) is 17.1. The van der Waals surface area contributed by atoms with Crippen LogP contribution in [-0.2, 0) is 21.2 Å². The highest BCUT2D eigenvalue weighted by Crippen LogP contribution is 2.21. The number of nitrogens with one attached hydrogen (secondary N) is 1. The molecule has 1 fully saturated rings. The number of carbonyl (C=O) groups excluding carboxylic acids is 1. The van der Waals surface area contributed by atoms with Crippen LogP contribution in [-0.4, -0.2) is 38.3 Å². The molecule has 0 bridgehead atoms. The van der Waals surface area contributed by atoms with E-state index in [-0.39, 0.29) is 23.0 Å². The van der Waals surface area contributed by atoms with Crippen molar-refractivity contribution in [2.24, 2.45) is 0 Å². The van der Waals surface area contributed by atoms with Gasteiger partial charge < -0.3 is 10.1 Å². The highest BCUT2D eigenvalue weighted by atomic mass is 32.2. The van der Waals surface area contributed by atoms with Gasteiger partial charge in [-0.25, -0.2) is 8.42 Å². The number of alkyl halides is 2. The first-order valence-corrected chi connectivity index (χ1v) is 11.7. The number of anilines is 1. The number of amides is 1. The molecule has 1 saturated heterocycles. The molecular formula is C22H26F2N2O4S. The van der Waals surface area contributed by atoms with Crippen molar-refractivity contribution >= 4 is 21.6 Å². The SMILES string of the molecule is O=C(CCc1ccc(S(=O)(=O)N2CCCCCC2)cc1)Nc1ccc(OC(F)F)cc1. The summed E-state index contributed by atoms with van der Waals surface area (Å²) >= 11 is 0. The summed E-state index contributed by atoms with van der Waals surface area (Å²) in [6, 6.07) is 12.3. The maximum atomic E-state index is 12.8. The van der Waals surface area contributed by atoms with Crippen molar-refractivity contribution in [1.82, 2.24) is 4.31 Å². The molecule has 0 unspecified atom stereocenters. The molecule has 2 aromatic rings. The van der Waals surface area contributed by atoms with Gasteiger partial charge in [0.05, 0.1) is 4.90 Å². The van der Waals surface area contributed by atoms with Gasteiger partial charge in [0.2, 0.25) is 15.9 Å². The Hall–Kier alpha value is -2.52. The van der Waals surface area contributed by atoms with Crippen LogP contribution in [0.2, 0.25) is 0 Å². The number of halogens is 2. The molecule has 0 spiro atoms. The third kappa shape index (κ3) is 6.73. The van der Waals surface area contributed by atoms with Crippen molar-refractivity contribution in [2.75, 3.05) is 18.4 Å². The van der Waals surface area contributed by atoms with E-state index in [1.165, 1.54) is 24.3 Å². The number of sulfonamides is 1. The standard InChI is InChI=1S/C22H26F2N2O4S/c23-22(24)30-19-10-8-18(9-11-19)25-21(27)14-7-17-5-12-20(13-6-17)31(28,29)26-15-3-1-2-4-16-26/h5-6,8-13,22H,1-4,7,14-16H2,(H,25,27). The number of carbonyl (C=O) groups is 1. The summed E-state index contributed by atoms with van der Waals surface area (Å²) in [5, 5.41) is 2.69. The molecule has 1 amide bonds. The van der Waals surface area contributed by atoms with Gasteiger partial charge in [0.1, 0.15) is 5.75 Å². The summed E-state index contributed by atoms with van der Waals surface area (Å²) in [6.07, 6.45) is 4.53. The Labute approximate surface area is 181 Å². The number of hydrogen-bond acceptors (Lipinski definition) is 4. The van der Waals surface area contributed by atoms with Crippen molar-refractivity contribution < 1.29 is 26.7 Å². The van der Waals surface area contributed by atoms with E-state index >= 15 is 0 Å². The van der Waals surface area contributed by atoms with E-state index in [1.807, 2.05) is 0 Å². The van der Waals surface area contributed by atoms with E-state index in [0.717, 1.165) is 31.2 Å². The van der Waals surface area contributed by atoms with Gasteiger partial charge >= 0.3 is 6.61 Å². The third-order valence-electron chi connectivity index (χ3n) is 5.13. The fourth-order valence-corrected chi connectivity index (χ4v) is 4.98. The van der Waals surface area contributed by atoms with Crippen LogP contribution in [0.1, 0.15) is 37.7 Å². The number of nitrogens with zero attached hydrogens (tertiary/aromatic N) is 1. The van der Waals surface area contributed by atoms with E-state index in [9.17, 15) is 22.0 Å². The molecule has 0 radical (unpaired) electrons. The molecule has 31 heavy (non-hydrogen) atoms. The quantitative estimate of drug-likeness (QED) is 0.643. The van der Waals surface area contributed by atoms with Crippen LogP contribution in [0.3, 0.4) is 0 Å². The lowest BCUT2D eigenvalue weighted by molar-refractivity contribution is -0.116. The lowest BCUT2D eigenvalue weighted by Crippen LogP contribution is -2.31. The normalized spacial score (nSPS) is 15.5. The van der Waals surface area contributed by atoms with E-state index in [0.29, 0.717) is 25.2 Å². The van der Waals surface area contributed by atoms with Gasteiger partial charge in [-0.3, -0.25) is 4.79 Å². The summed E-state index contributed by atoms with van der Waals surface area (Å²) in [5.74, 6) is -0.216. The molecule has 9 heteroatoms. The fraction of sp³-hybridized carbons (Fsp3) is 0.409. The molecule has 1 heterocycles. The number of aryl methyl sites for hydroxylation is 1. The summed E-state index contributed by atoms with van der Waals surface area (Å²) in [5.41, 5.74) is 1.33. The average molecular weight is 453 g/mol. The molecule has 0 saturated carbocycles. The van der Waals surface area contributed by atoms with Crippen molar-refractivity contribution in [3.05, 3.63) is 54.1 Å². The number of hydrogen-bond donors (Lipinski definition) is 1. The molecule has 2 aromatic carbocycles. The Bertz CT molecular complexity index is 956. The lowest BCUT2D eigenvalue weighted by Gasteiger charge is -2.20. The summed E-state index contributed by atoms with van der Waals surface area (Å²) < 4.78 is 55.8. The molecule has 0 atom stereocenters. The molecule has 3 rings (SSSR count). The van der Waals surface area contributed by atoms with Crippen LogP contribution in [0.4, 0.5) is 14.5 Å². The Kier molecular flexibility index (Phi) is 7.97. The van der Waals surface area contributed by atoms with Crippen LogP contribution in [0.25, 0.3) is 0 Å². The van der Waals surface area contributed by atoms with Gasteiger partial charge in [-0.1, -0.05) is 25.0 Å². The first-order chi connectivity index (χ1) is 14.8. The van der Waals surface area contributed by atoms with Crippen LogP contribution >= 0.6 is 0 Å². The number of ether oxygens (including phenoxy) is 1. The van der Waals surface area contributed by atoms with Crippen molar-refractivity contribution in [3.63, 3.8) is 0 Å². The minimum absolute atomic E-state index is 0.0169. The number of benzene rings is 2. The summed E-state index contributed by atoms with van der Waals surface area (Å²) in [7, 11) is -3.49. The Morgan fingerprint density at radius 2 is 1.58 bits per heavy atom. The largest absolute Gasteiger partial charge is 0.435 e. The zero-order chi connectivity index (χ0) is 22.3. The highest BCUT2D eigenvalue weighted by molar-refractivity contribution is 7.89. The second-order valence-electron chi connectivity index (χ2n) is 7.41. The van der Waals surface area contributed by atoms with Gasteiger partial charge in [0.25, 0.3) is 0 Å². The van der Waals surface area contributed by atoms with E-state index in [1.54, 1.807) is 28.6 Å². The molecule has 0 aliphatic carbocycles. The second-order valence-corrected chi connectivity index (χ2v) is 9.35. The molecule has 6 nitrogen and oxygen atoms in total. The topological polar surface area (TPSA) is 75.7 Å². The predicted octanol–water partition coefficient (Wildman–Crippen LogP) is 4.42. The van der Waals surface area contributed by atoms with Crippen molar-refractivity contribution in [1.29, 1.82) is 0 Å². The summed E-state index contributed by atoms with van der Waals surface area (Å²) in [4.78, 5) is 12.4. The molecule has 0 aromatic heterocycles. The van der Waals surface area contributed by atoms with Gasteiger partial charge in [-0.05, 0) is 61.2 Å². The van der Waals surface area contributed by atoms with Gasteiger partial charge in [0.15, 0.2) is 0 Å². The second kappa shape index (κ2) is 10.7. The highest BCUT2D eigenvalue weighted by Gasteiger charge is 2.24. The van der Waals surface area contributed by atoms with E-state index in [4.69, 9.17) is 0 Å². The molecular weight excluding hydrogens is 426 g/mol. The van der Waals surface area contributed by atoms with Gasteiger partial charge in [0, 0.05) is 25.2 Å². The maximum Gasteiger partial charge on any atom is 0.387 e. The lowest BCUT2D eigenvalue weighted by atomic mass is 10.1. The van der Waals surface area contributed by atoms with Crippen LogP contribution in [0, 0.1) is 0 Å². The average Bonchev–Trinajstić information content (AvgIpc) is 3.04. The van der Waals surface area contributed by atoms with E-state index < -0.39 is 16.6 Å². The van der Waals surface area contributed by atoms with Crippen LogP contribution in [0.5, 0.6) is 5.75 Å². The minimum Gasteiger partial charge on any atom is -0.435 e. The first-order valence-electron chi connectivity index (χ1n) is 10.3. The Balaban J connectivity index is 1.52. The van der Waals surface area contributed by atoms with Crippen molar-refractivity contribution in [2.45, 2.75) is 50.0 Å². The van der Waals surface area contributed by atoms with Gasteiger partial charge in [-0.2, -0.15) is 13.1 Å². The van der Waals surface area contributed by atoms with E-state index in [2.05, 4.69) is 10.1 Å². The molecule has 168 valence electrons. The third-order valence-corrected chi connectivity index (χ3v) is 7.04. The molecule has 1 N–H and O–H groups in total. The fourth-order valence-electron chi connectivity index (χ4n) is 3.46. The summed E-state index contributed by atoms with van der Waals surface area (Å²) in [6.45, 7) is -1.79. The van der Waals surface area contributed by atoms with Crippen molar-refractivity contribution in [3.8, 4) is 5.75 Å². The van der Waals surface area contributed by atoms with Gasteiger partial charge in [-0.15, -0.1) is 0 Å².